The Bertz CT molecular complexity index is 3700. The highest BCUT2D eigenvalue weighted by molar-refractivity contribution is 6.16. The molecule has 0 saturated carbocycles. The molecule has 0 fully saturated rings. The maximum atomic E-state index is 7.02. The lowest BCUT2D eigenvalue weighted by atomic mass is 9.95. The first kappa shape index (κ1) is 35.2. The zero-order valence-corrected chi connectivity index (χ0v) is 33.9. The van der Waals surface area contributed by atoms with Crippen molar-refractivity contribution < 1.29 is 13.6 Å². The van der Waals surface area contributed by atoms with E-state index >= 15 is 0 Å². The number of rotatable bonds is 7. The van der Waals surface area contributed by atoms with Crippen molar-refractivity contribution >= 4 is 77.1 Å². The zero-order chi connectivity index (χ0) is 41.4. The Morgan fingerprint density at radius 3 is 1.90 bits per heavy atom. The highest BCUT2D eigenvalue weighted by Gasteiger charge is 2.25. The van der Waals surface area contributed by atoms with E-state index in [4.69, 9.17) is 18.6 Å². The molecule has 1 aliphatic heterocycles. The van der Waals surface area contributed by atoms with Gasteiger partial charge >= 0.3 is 0 Å². The van der Waals surface area contributed by atoms with Crippen LogP contribution in [0.2, 0.25) is 0 Å². The van der Waals surface area contributed by atoms with Gasteiger partial charge in [0.15, 0.2) is 11.3 Å². The SMILES string of the molecule is C1=CN(c2c(-c3ccccc3)cccc2-c2ccccc2)CN1c1cc(Oc2ccc3c4ccccc4n(-c4ccccn4)c3c2)c2oc3cc4c(cc3c2c1)oc1ccccc14. The van der Waals surface area contributed by atoms with Gasteiger partial charge in [-0.3, -0.25) is 4.57 Å². The van der Waals surface area contributed by atoms with Crippen LogP contribution in [0.3, 0.4) is 0 Å². The van der Waals surface area contributed by atoms with E-state index in [0.717, 1.165) is 99.5 Å². The summed E-state index contributed by atoms with van der Waals surface area (Å²) >= 11 is 0. The second-order valence-corrected chi connectivity index (χ2v) is 16.0. The van der Waals surface area contributed by atoms with Gasteiger partial charge in [0.25, 0.3) is 0 Å². The van der Waals surface area contributed by atoms with Gasteiger partial charge in [0, 0.05) is 79.9 Å². The van der Waals surface area contributed by atoms with E-state index in [-0.39, 0.29) is 0 Å². The maximum Gasteiger partial charge on any atom is 0.178 e. The Hall–Kier alpha value is -8.55. The average Bonchev–Trinajstić information content (AvgIpc) is 4.14. The van der Waals surface area contributed by atoms with Crippen molar-refractivity contribution in [3.63, 3.8) is 0 Å². The van der Waals surface area contributed by atoms with Crippen LogP contribution in [0.5, 0.6) is 11.5 Å². The number of pyridine rings is 1. The maximum absolute atomic E-state index is 7.02. The van der Waals surface area contributed by atoms with Crippen LogP contribution < -0.4 is 14.5 Å². The van der Waals surface area contributed by atoms with E-state index in [0.29, 0.717) is 23.8 Å². The fourth-order valence-electron chi connectivity index (χ4n) is 9.45. The number of para-hydroxylation sites is 3. The minimum atomic E-state index is 0.578. The van der Waals surface area contributed by atoms with Crippen molar-refractivity contribution in [2.24, 2.45) is 0 Å². The van der Waals surface area contributed by atoms with Crippen molar-refractivity contribution in [1.82, 2.24) is 9.55 Å². The van der Waals surface area contributed by atoms with Gasteiger partial charge < -0.3 is 23.4 Å². The Morgan fingerprint density at radius 2 is 1.13 bits per heavy atom. The van der Waals surface area contributed by atoms with Gasteiger partial charge in [-0.25, -0.2) is 4.98 Å². The van der Waals surface area contributed by atoms with E-state index in [1.165, 1.54) is 0 Å². The smallest absolute Gasteiger partial charge is 0.178 e. The van der Waals surface area contributed by atoms with Crippen LogP contribution in [0.4, 0.5) is 11.4 Å². The Labute approximate surface area is 361 Å². The molecule has 0 saturated heterocycles. The monoisotopic (exact) mass is 812 g/mol. The number of furan rings is 2. The summed E-state index contributed by atoms with van der Waals surface area (Å²) < 4.78 is 22.4. The first-order chi connectivity index (χ1) is 31.2. The normalized spacial score (nSPS) is 12.9. The molecule has 7 heteroatoms. The van der Waals surface area contributed by atoms with Crippen LogP contribution in [0, 0.1) is 0 Å². The van der Waals surface area contributed by atoms with Crippen LogP contribution in [0.25, 0.3) is 93.8 Å². The van der Waals surface area contributed by atoms with Crippen molar-refractivity contribution in [2.75, 3.05) is 16.5 Å². The van der Waals surface area contributed by atoms with E-state index in [1.807, 2.05) is 48.7 Å². The third-order valence-corrected chi connectivity index (χ3v) is 12.3. The largest absolute Gasteiger partial charge is 0.456 e. The van der Waals surface area contributed by atoms with E-state index in [1.54, 1.807) is 0 Å². The Balaban J connectivity index is 0.967. The van der Waals surface area contributed by atoms with E-state index in [2.05, 4.69) is 172 Å². The number of hydrogen-bond donors (Lipinski definition) is 0. The topological polar surface area (TPSA) is 59.8 Å². The van der Waals surface area contributed by atoms with Gasteiger partial charge in [0.1, 0.15) is 28.3 Å². The van der Waals surface area contributed by atoms with Crippen molar-refractivity contribution in [3.05, 3.63) is 207 Å². The lowest BCUT2D eigenvalue weighted by Gasteiger charge is -2.26. The van der Waals surface area contributed by atoms with E-state index in [9.17, 15) is 0 Å². The quantitative estimate of drug-likeness (QED) is 0.160. The number of fused-ring (bicyclic) bond motifs is 9. The van der Waals surface area contributed by atoms with Crippen LogP contribution in [0.1, 0.15) is 0 Å². The molecule has 63 heavy (non-hydrogen) atoms. The van der Waals surface area contributed by atoms with Crippen LogP contribution in [-0.4, -0.2) is 16.2 Å². The molecule has 0 bridgehead atoms. The third kappa shape index (κ3) is 5.71. The summed E-state index contributed by atoms with van der Waals surface area (Å²) in [5.41, 5.74) is 11.9. The molecule has 8 aromatic carbocycles. The predicted octanol–water partition coefficient (Wildman–Crippen LogP) is 14.9. The molecule has 0 radical (unpaired) electrons. The number of hydrogen-bond acceptors (Lipinski definition) is 6. The van der Waals surface area contributed by atoms with Gasteiger partial charge in [-0.15, -0.1) is 0 Å². The molecule has 1 aliphatic rings. The number of anilines is 2. The molecule has 13 rings (SSSR count). The molecular weight excluding hydrogens is 777 g/mol. The zero-order valence-electron chi connectivity index (χ0n) is 33.9. The molecule has 7 nitrogen and oxygen atoms in total. The summed E-state index contributed by atoms with van der Waals surface area (Å²) in [6, 6.07) is 65.2. The molecular formula is C56H36N4O3. The summed E-state index contributed by atoms with van der Waals surface area (Å²) in [7, 11) is 0. The van der Waals surface area contributed by atoms with Gasteiger partial charge in [-0.2, -0.15) is 0 Å². The van der Waals surface area contributed by atoms with Gasteiger partial charge in [-0.05, 0) is 65.7 Å². The van der Waals surface area contributed by atoms with Crippen molar-refractivity contribution in [2.45, 2.75) is 0 Å². The number of nitrogens with zero attached hydrogens (tertiary/aromatic N) is 4. The molecule has 0 spiro atoms. The van der Waals surface area contributed by atoms with E-state index < -0.39 is 0 Å². The highest BCUT2D eigenvalue weighted by atomic mass is 16.5. The summed E-state index contributed by atoms with van der Waals surface area (Å²) in [5, 5.41) is 6.22. The molecule has 0 amide bonds. The first-order valence-electron chi connectivity index (χ1n) is 21.1. The molecule has 0 aliphatic carbocycles. The molecule has 5 heterocycles. The lowest BCUT2D eigenvalue weighted by Crippen LogP contribution is -2.25. The number of benzene rings is 8. The molecule has 298 valence electrons. The van der Waals surface area contributed by atoms with Crippen LogP contribution in [-0.2, 0) is 0 Å². The summed E-state index contributed by atoms with van der Waals surface area (Å²) in [4.78, 5) is 9.36. The van der Waals surface area contributed by atoms with Gasteiger partial charge in [-0.1, -0.05) is 121 Å². The summed E-state index contributed by atoms with van der Waals surface area (Å²) in [6.07, 6.45) is 6.16. The molecule has 4 aromatic heterocycles. The minimum Gasteiger partial charge on any atom is -0.456 e. The molecule has 12 aromatic rings. The highest BCUT2D eigenvalue weighted by Crippen LogP contribution is 2.46. The summed E-state index contributed by atoms with van der Waals surface area (Å²) in [5.74, 6) is 2.14. The fourth-order valence-corrected chi connectivity index (χ4v) is 9.45. The minimum absolute atomic E-state index is 0.578. The second kappa shape index (κ2) is 14.0. The standard InChI is InChI=1S/C56H36N4O3/c1-3-14-36(15-4-1)40-20-13-21-41(37-16-5-2-6-17-37)55(40)59-29-28-58(35-59)38-30-47-46-34-51-45(44-19-8-10-23-50(44)62-51)33-52(46)63-56(47)53(31-38)61-39-25-26-43-42-18-7-9-22-48(42)60(49(43)32-39)54-24-11-12-27-57-54/h1-34H,35H2. The fraction of sp³-hybridized carbons (Fsp3) is 0.0179. The van der Waals surface area contributed by atoms with Crippen LogP contribution >= 0.6 is 0 Å². The number of aromatic nitrogens is 2. The Kier molecular flexibility index (Phi) is 7.83. The average molecular weight is 813 g/mol. The third-order valence-electron chi connectivity index (χ3n) is 12.3. The van der Waals surface area contributed by atoms with Gasteiger partial charge in [0.05, 0.1) is 23.4 Å². The second-order valence-electron chi connectivity index (χ2n) is 16.0. The van der Waals surface area contributed by atoms with Crippen molar-refractivity contribution in [1.29, 1.82) is 0 Å². The van der Waals surface area contributed by atoms with Gasteiger partial charge in [0.2, 0.25) is 0 Å². The van der Waals surface area contributed by atoms with Crippen LogP contribution in [0.15, 0.2) is 215 Å². The predicted molar refractivity (Wildman–Crippen MR) is 256 cm³/mol. The molecule has 0 atom stereocenters. The molecule has 0 unspecified atom stereocenters. The number of ether oxygens (including phenoxy) is 1. The van der Waals surface area contributed by atoms with Crippen molar-refractivity contribution in [3.8, 4) is 39.6 Å². The lowest BCUT2D eigenvalue weighted by molar-refractivity contribution is 0.477. The molecule has 0 N–H and O–H groups in total. The summed E-state index contributed by atoms with van der Waals surface area (Å²) in [6.45, 7) is 0.578. The first-order valence-corrected chi connectivity index (χ1v) is 21.1. The Morgan fingerprint density at radius 1 is 0.460 bits per heavy atom.